The highest BCUT2D eigenvalue weighted by Crippen LogP contribution is 2.07. The van der Waals surface area contributed by atoms with Crippen LogP contribution in [0.25, 0.3) is 0 Å². The van der Waals surface area contributed by atoms with Crippen molar-refractivity contribution in [2.24, 2.45) is 0 Å². The average molecular weight is 155 g/mol. The number of ether oxygens (including phenoxy) is 1. The summed E-state index contributed by atoms with van der Waals surface area (Å²) >= 11 is 0. The lowest BCUT2D eigenvalue weighted by atomic mass is 10.4. The Kier molecular flexibility index (Phi) is 1.72. The van der Waals surface area contributed by atoms with Gasteiger partial charge in [-0.25, -0.2) is 0 Å². The van der Waals surface area contributed by atoms with E-state index >= 15 is 0 Å². The van der Waals surface area contributed by atoms with Crippen LogP contribution in [0.3, 0.4) is 0 Å². The molecule has 0 unspecified atom stereocenters. The molecule has 2 rings (SSSR count). The number of nitrogens with zero attached hydrogens (tertiary/aromatic N) is 3. The first kappa shape index (κ1) is 6.60. The van der Waals surface area contributed by atoms with Gasteiger partial charge in [0.15, 0.2) is 0 Å². The molecule has 60 valence electrons. The van der Waals surface area contributed by atoms with Crippen molar-refractivity contribution in [1.82, 2.24) is 10.1 Å². The van der Waals surface area contributed by atoms with E-state index in [4.69, 9.17) is 4.74 Å². The fourth-order valence-corrected chi connectivity index (χ4v) is 1.07. The summed E-state index contributed by atoms with van der Waals surface area (Å²) in [6.45, 7) is 3.18. The molecule has 0 amide bonds. The molecule has 11 heavy (non-hydrogen) atoms. The highest BCUT2D eigenvalue weighted by molar-refractivity contribution is 5.26. The maximum Gasteiger partial charge on any atom is 0.265 e. The van der Waals surface area contributed by atoms with Crippen molar-refractivity contribution in [2.45, 2.75) is 0 Å². The van der Waals surface area contributed by atoms with Crippen LogP contribution in [0.4, 0.5) is 5.95 Å². The third-order valence-electron chi connectivity index (χ3n) is 1.64. The minimum Gasteiger partial charge on any atom is -0.378 e. The zero-order valence-corrected chi connectivity index (χ0v) is 6.06. The van der Waals surface area contributed by atoms with Gasteiger partial charge in [0, 0.05) is 13.1 Å². The van der Waals surface area contributed by atoms with Gasteiger partial charge in [0.1, 0.15) is 0 Å². The molecular weight excluding hydrogens is 146 g/mol. The van der Waals surface area contributed by atoms with E-state index < -0.39 is 0 Å². The Hall–Kier alpha value is -1.10. The van der Waals surface area contributed by atoms with E-state index in [0.717, 1.165) is 26.3 Å². The molecule has 1 fully saturated rings. The van der Waals surface area contributed by atoms with Gasteiger partial charge in [-0.15, -0.1) is 0 Å². The van der Waals surface area contributed by atoms with Crippen molar-refractivity contribution >= 4 is 5.95 Å². The van der Waals surface area contributed by atoms with Gasteiger partial charge in [-0.2, -0.15) is 4.98 Å². The summed E-state index contributed by atoms with van der Waals surface area (Å²) in [5.74, 6) is 0.660. The van der Waals surface area contributed by atoms with Gasteiger partial charge in [0.05, 0.1) is 13.2 Å². The summed E-state index contributed by atoms with van der Waals surface area (Å²) in [5, 5.41) is 3.72. The van der Waals surface area contributed by atoms with E-state index in [9.17, 15) is 0 Å². The van der Waals surface area contributed by atoms with Crippen molar-refractivity contribution in [3.63, 3.8) is 0 Å². The third kappa shape index (κ3) is 1.32. The second-order valence-corrected chi connectivity index (χ2v) is 2.33. The quantitative estimate of drug-likeness (QED) is 0.567. The van der Waals surface area contributed by atoms with Gasteiger partial charge < -0.3 is 14.2 Å². The average Bonchev–Trinajstić information content (AvgIpc) is 2.58. The summed E-state index contributed by atoms with van der Waals surface area (Å²) in [6, 6.07) is 0. The molecule has 1 aromatic heterocycles. The number of hydrogen-bond acceptors (Lipinski definition) is 5. The summed E-state index contributed by atoms with van der Waals surface area (Å²) in [4.78, 5) is 5.97. The number of rotatable bonds is 1. The van der Waals surface area contributed by atoms with Crippen molar-refractivity contribution in [1.29, 1.82) is 0 Å². The van der Waals surface area contributed by atoms with Crippen LogP contribution in [0.15, 0.2) is 10.9 Å². The maximum absolute atomic E-state index is 5.17. The molecular formula is C6H9N3O2. The molecule has 0 radical (unpaired) electrons. The largest absolute Gasteiger partial charge is 0.378 e. The molecule has 1 aliphatic rings. The number of morpholine rings is 1. The second kappa shape index (κ2) is 2.87. The van der Waals surface area contributed by atoms with Gasteiger partial charge in [-0.1, -0.05) is 0 Å². The summed E-state index contributed by atoms with van der Waals surface area (Å²) in [6.07, 6.45) is 1.34. The summed E-state index contributed by atoms with van der Waals surface area (Å²) in [5.41, 5.74) is 0. The van der Waals surface area contributed by atoms with Crippen LogP contribution in [-0.4, -0.2) is 36.4 Å². The highest BCUT2D eigenvalue weighted by atomic mass is 16.5. The monoisotopic (exact) mass is 155 g/mol. The van der Waals surface area contributed by atoms with Crippen LogP contribution >= 0.6 is 0 Å². The van der Waals surface area contributed by atoms with E-state index in [0.29, 0.717) is 5.95 Å². The lowest BCUT2D eigenvalue weighted by Crippen LogP contribution is -2.36. The van der Waals surface area contributed by atoms with Crippen LogP contribution < -0.4 is 4.90 Å². The second-order valence-electron chi connectivity index (χ2n) is 2.33. The molecule has 1 aromatic rings. The topological polar surface area (TPSA) is 51.4 Å². The lowest BCUT2D eigenvalue weighted by Gasteiger charge is -2.24. The van der Waals surface area contributed by atoms with E-state index in [2.05, 4.69) is 14.7 Å². The van der Waals surface area contributed by atoms with Gasteiger partial charge in [0.25, 0.3) is 5.95 Å². The third-order valence-corrected chi connectivity index (χ3v) is 1.64. The highest BCUT2D eigenvalue weighted by Gasteiger charge is 2.13. The van der Waals surface area contributed by atoms with Crippen LogP contribution in [0.2, 0.25) is 0 Å². The molecule has 0 spiro atoms. The Balaban J connectivity index is 2.04. The molecule has 0 saturated carbocycles. The van der Waals surface area contributed by atoms with Gasteiger partial charge in [-0.05, 0) is 5.16 Å². The van der Waals surface area contributed by atoms with Crippen LogP contribution in [0.5, 0.6) is 0 Å². The molecule has 0 aliphatic carbocycles. The first-order valence-corrected chi connectivity index (χ1v) is 3.56. The Morgan fingerprint density at radius 1 is 1.36 bits per heavy atom. The Labute approximate surface area is 63.9 Å². The fourth-order valence-electron chi connectivity index (χ4n) is 1.07. The van der Waals surface area contributed by atoms with Crippen molar-refractivity contribution in [3.05, 3.63) is 6.39 Å². The molecule has 5 nitrogen and oxygen atoms in total. The van der Waals surface area contributed by atoms with E-state index in [1.807, 2.05) is 4.90 Å². The maximum atomic E-state index is 5.17. The van der Waals surface area contributed by atoms with Crippen LogP contribution in [-0.2, 0) is 4.74 Å². The predicted octanol–water partition coefficient (Wildman–Crippen LogP) is -0.0938. The van der Waals surface area contributed by atoms with Crippen molar-refractivity contribution in [2.75, 3.05) is 31.2 Å². The molecule has 1 aliphatic heterocycles. The minimum absolute atomic E-state index is 0.660. The number of aromatic nitrogens is 2. The Morgan fingerprint density at radius 2 is 2.18 bits per heavy atom. The van der Waals surface area contributed by atoms with Crippen LogP contribution in [0, 0.1) is 0 Å². The first-order valence-electron chi connectivity index (χ1n) is 3.56. The molecule has 2 heterocycles. The van der Waals surface area contributed by atoms with E-state index in [-0.39, 0.29) is 0 Å². The van der Waals surface area contributed by atoms with Crippen molar-refractivity contribution < 1.29 is 9.26 Å². The summed E-state index contributed by atoms with van der Waals surface area (Å²) < 4.78 is 9.79. The summed E-state index contributed by atoms with van der Waals surface area (Å²) in [7, 11) is 0. The van der Waals surface area contributed by atoms with E-state index in [1.165, 1.54) is 6.39 Å². The molecule has 0 bridgehead atoms. The predicted molar refractivity (Wildman–Crippen MR) is 37.3 cm³/mol. The van der Waals surface area contributed by atoms with Crippen molar-refractivity contribution in [3.8, 4) is 0 Å². The SMILES string of the molecule is c1nc(N2CCOCC2)no1. The molecule has 0 atom stereocenters. The molecule has 1 saturated heterocycles. The van der Waals surface area contributed by atoms with E-state index in [1.54, 1.807) is 0 Å². The smallest absolute Gasteiger partial charge is 0.265 e. The fraction of sp³-hybridized carbons (Fsp3) is 0.667. The first-order chi connectivity index (χ1) is 5.47. The number of anilines is 1. The Morgan fingerprint density at radius 3 is 2.82 bits per heavy atom. The number of hydrogen-bond donors (Lipinski definition) is 0. The van der Waals surface area contributed by atoms with Gasteiger partial charge in [0.2, 0.25) is 6.39 Å². The zero-order valence-electron chi connectivity index (χ0n) is 6.06. The molecule has 5 heteroatoms. The van der Waals surface area contributed by atoms with Crippen LogP contribution in [0.1, 0.15) is 0 Å². The zero-order chi connectivity index (χ0) is 7.52. The van der Waals surface area contributed by atoms with Gasteiger partial charge >= 0.3 is 0 Å². The Bertz CT molecular complexity index is 206. The molecule has 0 aromatic carbocycles. The molecule has 0 N–H and O–H groups in total. The van der Waals surface area contributed by atoms with Gasteiger partial charge in [-0.3, -0.25) is 0 Å². The minimum atomic E-state index is 0.660. The normalized spacial score (nSPS) is 18.7. The standard InChI is InChI=1S/C6H9N3O2/c1-3-10-4-2-9(1)6-7-5-11-8-6/h5H,1-4H2. The lowest BCUT2D eigenvalue weighted by molar-refractivity contribution is 0.121.